The zero-order valence-electron chi connectivity index (χ0n) is 8.96. The van der Waals surface area contributed by atoms with Crippen molar-refractivity contribution >= 4 is 0 Å². The first-order valence-corrected chi connectivity index (χ1v) is 5.34. The Morgan fingerprint density at radius 1 is 1.31 bits per heavy atom. The molecule has 0 aromatic rings. The van der Waals surface area contributed by atoms with Crippen molar-refractivity contribution in [1.29, 1.82) is 5.26 Å². The second kappa shape index (κ2) is 6.06. The molecule has 3 nitrogen and oxygen atoms in total. The summed E-state index contributed by atoms with van der Waals surface area (Å²) >= 11 is 0. The molecule has 16 heavy (non-hydrogen) atoms. The molecule has 0 saturated heterocycles. The summed E-state index contributed by atoms with van der Waals surface area (Å²) in [4.78, 5) is 1.78. The maximum absolute atomic E-state index is 11.8. The van der Waals surface area contributed by atoms with Crippen molar-refractivity contribution in [3.05, 3.63) is 0 Å². The average molecular weight is 236 g/mol. The zero-order chi connectivity index (χ0) is 12.0. The largest absolute Gasteiger partial charge is 0.522 e. The second-order valence-electron chi connectivity index (χ2n) is 3.86. The van der Waals surface area contributed by atoms with Gasteiger partial charge in [0.1, 0.15) is 0 Å². The van der Waals surface area contributed by atoms with E-state index in [0.29, 0.717) is 0 Å². The Balaban J connectivity index is 2.31. The summed E-state index contributed by atoms with van der Waals surface area (Å²) in [5.41, 5.74) is 0. The van der Waals surface area contributed by atoms with Crippen molar-refractivity contribution in [1.82, 2.24) is 4.90 Å². The van der Waals surface area contributed by atoms with E-state index in [1.165, 1.54) is 0 Å². The van der Waals surface area contributed by atoms with Crippen LogP contribution in [0.3, 0.4) is 0 Å². The summed E-state index contributed by atoms with van der Waals surface area (Å²) in [5, 5.41) is 8.60. The highest BCUT2D eigenvalue weighted by molar-refractivity contribution is 4.84. The number of rotatable bonds is 5. The topological polar surface area (TPSA) is 36.3 Å². The third kappa shape index (κ3) is 4.81. The summed E-state index contributed by atoms with van der Waals surface area (Å²) in [5.74, 6) is 0. The van der Waals surface area contributed by atoms with E-state index < -0.39 is 13.0 Å². The molecular weight excluding hydrogens is 221 g/mol. The lowest BCUT2D eigenvalue weighted by Crippen LogP contribution is -2.37. The maximum Gasteiger partial charge on any atom is 0.522 e. The van der Waals surface area contributed by atoms with E-state index in [-0.39, 0.29) is 19.1 Å². The predicted octanol–water partition coefficient (Wildman–Crippen LogP) is 2.29. The molecule has 1 saturated carbocycles. The van der Waals surface area contributed by atoms with Gasteiger partial charge < -0.3 is 0 Å². The van der Waals surface area contributed by atoms with E-state index in [1.54, 1.807) is 4.90 Å². The minimum absolute atomic E-state index is 0.164. The molecule has 0 aromatic carbocycles. The molecule has 1 rings (SSSR count). The summed E-state index contributed by atoms with van der Waals surface area (Å²) < 4.78 is 39.0. The lowest BCUT2D eigenvalue weighted by molar-refractivity contribution is -0.325. The van der Waals surface area contributed by atoms with Gasteiger partial charge in [-0.3, -0.25) is 9.64 Å². The molecule has 0 aromatic heterocycles. The van der Waals surface area contributed by atoms with Crippen molar-refractivity contribution in [2.45, 2.75) is 38.1 Å². The van der Waals surface area contributed by atoms with Crippen LogP contribution < -0.4 is 0 Å². The Kier molecular flexibility index (Phi) is 5.03. The van der Waals surface area contributed by atoms with Crippen molar-refractivity contribution in [3.8, 4) is 6.07 Å². The summed E-state index contributed by atoms with van der Waals surface area (Å²) in [6.07, 6.45) is -0.463. The fraction of sp³-hybridized carbons (Fsp3) is 0.900. The van der Waals surface area contributed by atoms with Gasteiger partial charge in [-0.1, -0.05) is 12.8 Å². The van der Waals surface area contributed by atoms with Gasteiger partial charge in [0, 0.05) is 12.6 Å². The number of alkyl halides is 3. The Bertz CT molecular complexity index is 243. The third-order valence-corrected chi connectivity index (χ3v) is 2.76. The molecular formula is C10H15F3N2O. The molecule has 0 unspecified atom stereocenters. The van der Waals surface area contributed by atoms with Gasteiger partial charge in [0.2, 0.25) is 0 Å². The molecule has 1 fully saturated rings. The van der Waals surface area contributed by atoms with Gasteiger partial charge in [-0.05, 0) is 12.8 Å². The van der Waals surface area contributed by atoms with Gasteiger partial charge in [-0.2, -0.15) is 5.26 Å². The number of nitriles is 1. The Labute approximate surface area is 92.8 Å². The SMILES string of the molecule is N#CCN(CCOC(F)(F)F)C1CCCC1. The number of halogens is 3. The Hall–Kier alpha value is -0.800. The zero-order valence-corrected chi connectivity index (χ0v) is 8.96. The first-order valence-electron chi connectivity index (χ1n) is 5.34. The van der Waals surface area contributed by atoms with Crippen LogP contribution in [0.15, 0.2) is 0 Å². The van der Waals surface area contributed by atoms with E-state index in [9.17, 15) is 13.2 Å². The van der Waals surface area contributed by atoms with Crippen LogP contribution in [0.25, 0.3) is 0 Å². The monoisotopic (exact) mass is 236 g/mol. The molecule has 0 heterocycles. The van der Waals surface area contributed by atoms with Crippen LogP contribution in [0, 0.1) is 11.3 Å². The third-order valence-electron chi connectivity index (χ3n) is 2.76. The van der Waals surface area contributed by atoms with Crippen LogP contribution in [0.1, 0.15) is 25.7 Å². The van der Waals surface area contributed by atoms with Gasteiger partial charge >= 0.3 is 6.36 Å². The smallest absolute Gasteiger partial charge is 0.291 e. The maximum atomic E-state index is 11.8. The highest BCUT2D eigenvalue weighted by Gasteiger charge is 2.30. The number of hydrogen-bond acceptors (Lipinski definition) is 3. The van der Waals surface area contributed by atoms with Crippen molar-refractivity contribution in [3.63, 3.8) is 0 Å². The quantitative estimate of drug-likeness (QED) is 0.687. The Morgan fingerprint density at radius 3 is 2.44 bits per heavy atom. The lowest BCUT2D eigenvalue weighted by atomic mass is 10.2. The summed E-state index contributed by atoms with van der Waals surface area (Å²) in [6.45, 7) is -0.0642. The standard InChI is InChI=1S/C10H15F3N2O/c11-10(12,13)16-8-7-15(6-5-14)9-3-1-2-4-9/h9H,1-4,6-8H2. The van der Waals surface area contributed by atoms with Crippen LogP contribution in [-0.2, 0) is 4.74 Å². The van der Waals surface area contributed by atoms with Gasteiger partial charge in [-0.25, -0.2) is 0 Å². The molecule has 1 aliphatic rings. The highest BCUT2D eigenvalue weighted by Crippen LogP contribution is 2.23. The highest BCUT2D eigenvalue weighted by atomic mass is 19.4. The minimum atomic E-state index is -4.58. The van der Waals surface area contributed by atoms with Gasteiger partial charge in [0.25, 0.3) is 0 Å². The molecule has 0 radical (unpaired) electrons. The fourth-order valence-corrected chi connectivity index (χ4v) is 2.03. The number of nitrogens with zero attached hydrogens (tertiary/aromatic N) is 2. The predicted molar refractivity (Wildman–Crippen MR) is 51.4 cm³/mol. The van der Waals surface area contributed by atoms with Crippen molar-refractivity contribution in [2.24, 2.45) is 0 Å². The first kappa shape index (κ1) is 13.3. The molecule has 0 atom stereocenters. The van der Waals surface area contributed by atoms with Crippen LogP contribution in [-0.4, -0.2) is 37.0 Å². The molecule has 92 valence electrons. The van der Waals surface area contributed by atoms with E-state index in [4.69, 9.17) is 5.26 Å². The van der Waals surface area contributed by atoms with E-state index in [0.717, 1.165) is 25.7 Å². The van der Waals surface area contributed by atoms with Gasteiger partial charge in [-0.15, -0.1) is 13.2 Å². The van der Waals surface area contributed by atoms with Gasteiger partial charge in [0.05, 0.1) is 19.2 Å². The van der Waals surface area contributed by atoms with Crippen LogP contribution in [0.4, 0.5) is 13.2 Å². The molecule has 0 aliphatic heterocycles. The number of ether oxygens (including phenoxy) is 1. The molecule has 1 aliphatic carbocycles. The fourth-order valence-electron chi connectivity index (χ4n) is 2.03. The van der Waals surface area contributed by atoms with Crippen molar-refractivity contribution < 1.29 is 17.9 Å². The summed E-state index contributed by atoms with van der Waals surface area (Å²) in [6, 6.07) is 2.23. The van der Waals surface area contributed by atoms with Crippen LogP contribution in [0.2, 0.25) is 0 Å². The van der Waals surface area contributed by atoms with E-state index in [2.05, 4.69) is 4.74 Å². The van der Waals surface area contributed by atoms with E-state index in [1.807, 2.05) is 6.07 Å². The van der Waals surface area contributed by atoms with Crippen LogP contribution >= 0.6 is 0 Å². The molecule has 0 spiro atoms. The van der Waals surface area contributed by atoms with E-state index >= 15 is 0 Å². The van der Waals surface area contributed by atoms with Crippen LogP contribution in [0.5, 0.6) is 0 Å². The normalized spacial score (nSPS) is 17.9. The second-order valence-corrected chi connectivity index (χ2v) is 3.86. The van der Waals surface area contributed by atoms with Crippen molar-refractivity contribution in [2.75, 3.05) is 19.7 Å². The first-order chi connectivity index (χ1) is 7.53. The molecule has 0 N–H and O–H groups in total. The number of hydrogen-bond donors (Lipinski definition) is 0. The molecule has 0 bridgehead atoms. The molecule has 0 amide bonds. The average Bonchev–Trinajstić information content (AvgIpc) is 2.67. The lowest BCUT2D eigenvalue weighted by Gasteiger charge is -2.25. The minimum Gasteiger partial charge on any atom is -0.291 e. The molecule has 6 heteroatoms. The summed E-state index contributed by atoms with van der Waals surface area (Å²) in [7, 11) is 0. The van der Waals surface area contributed by atoms with Gasteiger partial charge in [0.15, 0.2) is 0 Å². The Morgan fingerprint density at radius 2 is 1.94 bits per heavy atom.